The Morgan fingerprint density at radius 1 is 1.33 bits per heavy atom. The van der Waals surface area contributed by atoms with E-state index in [1.165, 1.54) is 6.42 Å². The van der Waals surface area contributed by atoms with Gasteiger partial charge in [0.2, 0.25) is 5.91 Å². The second kappa shape index (κ2) is 4.75. The molecule has 0 spiro atoms. The number of nitrogens with zero attached hydrogens (tertiary/aromatic N) is 3. The van der Waals surface area contributed by atoms with Gasteiger partial charge in [-0.05, 0) is 32.6 Å². The highest BCUT2D eigenvalue weighted by Gasteiger charge is 2.32. The van der Waals surface area contributed by atoms with Gasteiger partial charge < -0.3 is 9.47 Å². The summed E-state index contributed by atoms with van der Waals surface area (Å²) in [5.74, 6) is 1.58. The molecule has 2 aliphatic heterocycles. The van der Waals surface area contributed by atoms with E-state index in [1.54, 1.807) is 0 Å². The highest BCUT2D eigenvalue weighted by molar-refractivity contribution is 5.79. The Kier molecular flexibility index (Phi) is 3.10. The molecule has 0 aliphatic carbocycles. The van der Waals surface area contributed by atoms with E-state index in [0.29, 0.717) is 11.9 Å². The van der Waals surface area contributed by atoms with Gasteiger partial charge in [0.15, 0.2) is 0 Å². The van der Waals surface area contributed by atoms with Crippen molar-refractivity contribution in [3.05, 3.63) is 18.2 Å². The predicted molar refractivity (Wildman–Crippen MR) is 69.1 cm³/mol. The minimum absolute atomic E-state index is 0.153. The van der Waals surface area contributed by atoms with Crippen molar-refractivity contribution in [1.82, 2.24) is 14.5 Å². The summed E-state index contributed by atoms with van der Waals surface area (Å²) < 4.78 is 2.17. The summed E-state index contributed by atoms with van der Waals surface area (Å²) in [6, 6.07) is 0.424. The molecule has 1 aromatic rings. The SMILES string of the molecule is CC1CCCCN1C(=O)C1CCn2ccnc2C1. The first-order valence-electron chi connectivity index (χ1n) is 7.06. The van der Waals surface area contributed by atoms with Crippen LogP contribution in [-0.4, -0.2) is 32.9 Å². The summed E-state index contributed by atoms with van der Waals surface area (Å²) in [4.78, 5) is 19.0. The first-order valence-corrected chi connectivity index (χ1v) is 7.06. The van der Waals surface area contributed by atoms with Crippen LogP contribution in [0, 0.1) is 5.92 Å². The van der Waals surface area contributed by atoms with E-state index in [1.807, 2.05) is 12.4 Å². The topological polar surface area (TPSA) is 38.1 Å². The molecule has 4 heteroatoms. The van der Waals surface area contributed by atoms with Gasteiger partial charge in [-0.1, -0.05) is 0 Å². The van der Waals surface area contributed by atoms with Crippen molar-refractivity contribution in [1.29, 1.82) is 0 Å². The van der Waals surface area contributed by atoms with Crippen LogP contribution >= 0.6 is 0 Å². The van der Waals surface area contributed by atoms with Gasteiger partial charge in [0.1, 0.15) is 5.82 Å². The van der Waals surface area contributed by atoms with Gasteiger partial charge in [-0.3, -0.25) is 4.79 Å². The predicted octanol–water partition coefficient (Wildman–Crippen LogP) is 1.85. The van der Waals surface area contributed by atoms with Crippen LogP contribution in [0.15, 0.2) is 12.4 Å². The van der Waals surface area contributed by atoms with Crippen LogP contribution in [-0.2, 0) is 17.8 Å². The number of imidazole rings is 1. The third kappa shape index (κ3) is 2.04. The van der Waals surface area contributed by atoms with Crippen LogP contribution < -0.4 is 0 Å². The van der Waals surface area contributed by atoms with E-state index in [2.05, 4.69) is 21.4 Å². The number of rotatable bonds is 1. The van der Waals surface area contributed by atoms with Crippen LogP contribution in [0.5, 0.6) is 0 Å². The van der Waals surface area contributed by atoms with E-state index in [0.717, 1.165) is 44.6 Å². The summed E-state index contributed by atoms with van der Waals surface area (Å²) in [5.41, 5.74) is 0. The Morgan fingerprint density at radius 2 is 2.22 bits per heavy atom. The van der Waals surface area contributed by atoms with Gasteiger partial charge in [-0.15, -0.1) is 0 Å². The molecule has 2 unspecified atom stereocenters. The molecule has 1 amide bonds. The van der Waals surface area contributed by atoms with Gasteiger partial charge in [-0.25, -0.2) is 4.98 Å². The lowest BCUT2D eigenvalue weighted by molar-refractivity contribution is -0.139. The van der Waals surface area contributed by atoms with Crippen LogP contribution in [0.2, 0.25) is 0 Å². The van der Waals surface area contributed by atoms with Gasteiger partial charge in [0, 0.05) is 43.9 Å². The highest BCUT2D eigenvalue weighted by atomic mass is 16.2. The molecule has 4 nitrogen and oxygen atoms in total. The molecule has 1 fully saturated rings. The van der Waals surface area contributed by atoms with Crippen molar-refractivity contribution in [3.8, 4) is 0 Å². The monoisotopic (exact) mass is 247 g/mol. The first-order chi connectivity index (χ1) is 8.75. The van der Waals surface area contributed by atoms with Gasteiger partial charge in [0.25, 0.3) is 0 Å². The molecule has 2 atom stereocenters. The van der Waals surface area contributed by atoms with E-state index < -0.39 is 0 Å². The van der Waals surface area contributed by atoms with E-state index in [-0.39, 0.29) is 5.92 Å². The van der Waals surface area contributed by atoms with Crippen LogP contribution in [0.1, 0.15) is 38.4 Å². The second-order valence-electron chi connectivity index (χ2n) is 5.60. The molecule has 0 radical (unpaired) electrons. The normalized spacial score (nSPS) is 27.9. The Morgan fingerprint density at radius 3 is 3.06 bits per heavy atom. The molecule has 3 heterocycles. The minimum Gasteiger partial charge on any atom is -0.340 e. The van der Waals surface area contributed by atoms with E-state index >= 15 is 0 Å². The van der Waals surface area contributed by atoms with Gasteiger partial charge >= 0.3 is 0 Å². The van der Waals surface area contributed by atoms with Crippen LogP contribution in [0.25, 0.3) is 0 Å². The zero-order valence-electron chi connectivity index (χ0n) is 11.0. The molecule has 0 saturated carbocycles. The number of piperidine rings is 1. The summed E-state index contributed by atoms with van der Waals surface area (Å²) >= 11 is 0. The van der Waals surface area contributed by atoms with E-state index in [4.69, 9.17) is 0 Å². The molecular weight excluding hydrogens is 226 g/mol. The highest BCUT2D eigenvalue weighted by Crippen LogP contribution is 2.25. The molecule has 0 aromatic carbocycles. The molecule has 0 N–H and O–H groups in total. The second-order valence-corrected chi connectivity index (χ2v) is 5.60. The Bertz CT molecular complexity index is 440. The number of likely N-dealkylation sites (tertiary alicyclic amines) is 1. The maximum absolute atomic E-state index is 12.6. The van der Waals surface area contributed by atoms with Gasteiger partial charge in [0.05, 0.1) is 0 Å². The number of hydrogen-bond acceptors (Lipinski definition) is 2. The van der Waals surface area contributed by atoms with Crippen molar-refractivity contribution in [2.45, 2.75) is 51.6 Å². The average molecular weight is 247 g/mol. The molecule has 1 saturated heterocycles. The van der Waals surface area contributed by atoms with Crippen molar-refractivity contribution in [2.24, 2.45) is 5.92 Å². The molecule has 1 aromatic heterocycles. The lowest BCUT2D eigenvalue weighted by Gasteiger charge is -2.37. The first kappa shape index (κ1) is 11.8. The van der Waals surface area contributed by atoms with Crippen molar-refractivity contribution in [3.63, 3.8) is 0 Å². The number of aryl methyl sites for hydroxylation is 1. The fourth-order valence-corrected chi connectivity index (χ4v) is 3.22. The fourth-order valence-electron chi connectivity index (χ4n) is 3.22. The van der Waals surface area contributed by atoms with Crippen molar-refractivity contribution in [2.75, 3.05) is 6.54 Å². The zero-order valence-corrected chi connectivity index (χ0v) is 11.0. The number of fused-ring (bicyclic) bond motifs is 1. The molecule has 18 heavy (non-hydrogen) atoms. The quantitative estimate of drug-likeness (QED) is 0.759. The fraction of sp³-hybridized carbons (Fsp3) is 0.714. The lowest BCUT2D eigenvalue weighted by atomic mass is 9.93. The lowest BCUT2D eigenvalue weighted by Crippen LogP contribution is -2.46. The third-order valence-corrected chi connectivity index (χ3v) is 4.38. The van der Waals surface area contributed by atoms with Crippen molar-refractivity contribution >= 4 is 5.91 Å². The number of amides is 1. The number of aromatic nitrogens is 2. The molecular formula is C14H21N3O. The Labute approximate surface area is 108 Å². The molecule has 98 valence electrons. The van der Waals surface area contributed by atoms with Gasteiger partial charge in [-0.2, -0.15) is 0 Å². The van der Waals surface area contributed by atoms with Crippen LogP contribution in [0.4, 0.5) is 0 Å². The molecule has 2 aliphatic rings. The van der Waals surface area contributed by atoms with E-state index in [9.17, 15) is 4.79 Å². The molecule has 3 rings (SSSR count). The number of hydrogen-bond donors (Lipinski definition) is 0. The summed E-state index contributed by atoms with van der Waals surface area (Å²) in [5, 5.41) is 0. The zero-order chi connectivity index (χ0) is 12.5. The Hall–Kier alpha value is -1.32. The average Bonchev–Trinajstić information content (AvgIpc) is 2.85. The van der Waals surface area contributed by atoms with Crippen molar-refractivity contribution < 1.29 is 4.79 Å². The number of carbonyl (C=O) groups excluding carboxylic acids is 1. The summed E-state index contributed by atoms with van der Waals surface area (Å²) in [6.45, 7) is 4.07. The minimum atomic E-state index is 0.153. The maximum Gasteiger partial charge on any atom is 0.226 e. The largest absolute Gasteiger partial charge is 0.340 e. The third-order valence-electron chi connectivity index (χ3n) is 4.38. The summed E-state index contributed by atoms with van der Waals surface area (Å²) in [7, 11) is 0. The smallest absolute Gasteiger partial charge is 0.226 e. The molecule has 0 bridgehead atoms. The summed E-state index contributed by atoms with van der Waals surface area (Å²) in [6.07, 6.45) is 9.22. The van der Waals surface area contributed by atoms with Crippen LogP contribution in [0.3, 0.4) is 0 Å². The maximum atomic E-state index is 12.6. The Balaban J connectivity index is 1.70. The standard InChI is InChI=1S/C14H21N3O/c1-11-4-2-3-7-17(11)14(18)12-5-8-16-9-6-15-13(16)10-12/h6,9,11-12H,2-5,7-8,10H2,1H3. The number of carbonyl (C=O) groups is 1.